The molecule has 0 bridgehead atoms. The molecule has 0 aromatic heterocycles. The Kier molecular flexibility index (Phi) is 0.737. The molecular weight excluding hydrogens is 114 g/mol. The number of allylic oxidation sites excluding steroid dienone is 2. The van der Waals surface area contributed by atoms with Crippen LogP contribution in [0.1, 0.15) is 0 Å². The lowest BCUT2D eigenvalue weighted by molar-refractivity contribution is -0.471. The lowest BCUT2D eigenvalue weighted by Crippen LogP contribution is -1.99. The summed E-state index contributed by atoms with van der Waals surface area (Å²) < 4.78 is 1.60. The standard InChI is InChI=1S/C6H4N3/c1-3-7-6-2-4-8-9(6)5-1/h1-4H/q+1. The first-order valence-corrected chi connectivity index (χ1v) is 2.63. The van der Waals surface area contributed by atoms with Crippen molar-refractivity contribution in [2.75, 3.05) is 0 Å². The molecular formula is C6H4N3+. The molecule has 2 heterocycles. The Morgan fingerprint density at radius 1 is 1.44 bits per heavy atom. The van der Waals surface area contributed by atoms with Crippen LogP contribution in [-0.4, -0.2) is 23.0 Å². The highest BCUT2D eigenvalue weighted by Crippen LogP contribution is 2.03. The summed E-state index contributed by atoms with van der Waals surface area (Å²) >= 11 is 0. The number of hydrogen-bond acceptors (Lipinski definition) is 2. The molecule has 0 saturated carbocycles. The number of aliphatic imine (C=N–C) groups is 1. The number of nitrogens with zero attached hydrogens (tertiary/aromatic N) is 3. The third kappa shape index (κ3) is 0.556. The molecule has 0 atom stereocenters. The van der Waals surface area contributed by atoms with Crippen molar-refractivity contribution < 1.29 is 4.68 Å². The van der Waals surface area contributed by atoms with Crippen LogP contribution in [0.25, 0.3) is 0 Å². The Labute approximate surface area is 52.0 Å². The van der Waals surface area contributed by atoms with Crippen LogP contribution in [0.5, 0.6) is 0 Å². The summed E-state index contributed by atoms with van der Waals surface area (Å²) in [6, 6.07) is 0. The van der Waals surface area contributed by atoms with E-state index in [0.29, 0.717) is 0 Å². The summed E-state index contributed by atoms with van der Waals surface area (Å²) in [5, 5.41) is 3.92. The van der Waals surface area contributed by atoms with E-state index in [0.717, 1.165) is 5.82 Å². The van der Waals surface area contributed by atoms with E-state index in [1.807, 2.05) is 6.08 Å². The normalized spacial score (nSPS) is 19.6. The molecule has 3 nitrogen and oxygen atoms in total. The van der Waals surface area contributed by atoms with Gasteiger partial charge in [-0.25, -0.2) is 0 Å². The van der Waals surface area contributed by atoms with Gasteiger partial charge in [0.05, 0.1) is 18.4 Å². The van der Waals surface area contributed by atoms with Gasteiger partial charge in [0.15, 0.2) is 6.21 Å². The van der Waals surface area contributed by atoms with Gasteiger partial charge in [0.25, 0.3) is 0 Å². The summed E-state index contributed by atoms with van der Waals surface area (Å²) in [4.78, 5) is 4.01. The predicted octanol–water partition coefficient (Wildman–Crippen LogP) is 0.150. The fourth-order valence-corrected chi connectivity index (χ4v) is 0.711. The summed E-state index contributed by atoms with van der Waals surface area (Å²) in [6.07, 6.45) is 6.94. The second-order valence-electron chi connectivity index (χ2n) is 1.68. The molecule has 0 aromatic carbocycles. The number of rotatable bonds is 0. The van der Waals surface area contributed by atoms with Gasteiger partial charge in [0.2, 0.25) is 0 Å². The average Bonchev–Trinajstić information content (AvgIpc) is 2.33. The van der Waals surface area contributed by atoms with E-state index in [-0.39, 0.29) is 0 Å². The van der Waals surface area contributed by atoms with Gasteiger partial charge in [0.1, 0.15) is 5.87 Å². The van der Waals surface area contributed by atoms with Crippen molar-refractivity contribution in [3.8, 4) is 0 Å². The molecule has 0 aliphatic carbocycles. The monoisotopic (exact) mass is 118 g/mol. The van der Waals surface area contributed by atoms with Crippen LogP contribution in [0.4, 0.5) is 0 Å². The summed E-state index contributed by atoms with van der Waals surface area (Å²) in [7, 11) is 0. The van der Waals surface area contributed by atoms with E-state index < -0.39 is 0 Å². The molecule has 2 aliphatic heterocycles. The van der Waals surface area contributed by atoms with Crippen molar-refractivity contribution in [1.29, 1.82) is 0 Å². The Morgan fingerprint density at radius 3 is 3.33 bits per heavy atom. The molecule has 0 N–H and O–H groups in total. The quantitative estimate of drug-likeness (QED) is 0.405. The Hall–Kier alpha value is -1.47. The zero-order valence-corrected chi connectivity index (χ0v) is 4.65. The van der Waals surface area contributed by atoms with Crippen molar-refractivity contribution in [3.05, 3.63) is 18.0 Å². The molecule has 0 unspecified atom stereocenters. The lowest BCUT2D eigenvalue weighted by atomic mass is 10.5. The molecule has 9 heavy (non-hydrogen) atoms. The van der Waals surface area contributed by atoms with Crippen LogP contribution in [0, 0.1) is 0 Å². The van der Waals surface area contributed by atoms with Gasteiger partial charge >= 0.3 is 5.82 Å². The highest BCUT2D eigenvalue weighted by Gasteiger charge is 2.14. The summed E-state index contributed by atoms with van der Waals surface area (Å²) in [5.74, 6) is 3.70. The average molecular weight is 118 g/mol. The summed E-state index contributed by atoms with van der Waals surface area (Å²) in [5.41, 5.74) is 0. The molecule has 0 radical (unpaired) electrons. The van der Waals surface area contributed by atoms with Crippen LogP contribution in [-0.2, 0) is 0 Å². The smallest absolute Gasteiger partial charge is 0.0770 e. The second kappa shape index (κ2) is 1.50. The van der Waals surface area contributed by atoms with Crippen molar-refractivity contribution in [2.24, 2.45) is 10.1 Å². The number of fused-ring (bicyclic) bond motifs is 1. The fraction of sp³-hybridized carbons (Fsp3) is 0. The Bertz CT molecular complexity index is 287. The minimum atomic E-state index is 0.831. The Morgan fingerprint density at radius 2 is 2.44 bits per heavy atom. The lowest BCUT2D eigenvalue weighted by Gasteiger charge is -1.84. The SMILES string of the molecule is C1=CC=NC2=CC=N[N+]=12. The van der Waals surface area contributed by atoms with E-state index in [2.05, 4.69) is 16.0 Å². The van der Waals surface area contributed by atoms with Crippen LogP contribution < -0.4 is 0 Å². The van der Waals surface area contributed by atoms with E-state index in [9.17, 15) is 0 Å². The Balaban J connectivity index is 2.66. The number of hydrogen-bond donors (Lipinski definition) is 0. The zero-order chi connectivity index (χ0) is 6.10. The molecule has 0 spiro atoms. The van der Waals surface area contributed by atoms with Crippen LogP contribution >= 0.6 is 0 Å². The fourth-order valence-electron chi connectivity index (χ4n) is 0.711. The van der Waals surface area contributed by atoms with E-state index in [1.165, 1.54) is 0 Å². The minimum absolute atomic E-state index is 0.831. The molecule has 0 amide bonds. The van der Waals surface area contributed by atoms with Gasteiger partial charge in [-0.1, -0.05) is 9.79 Å². The molecule has 0 aromatic rings. The van der Waals surface area contributed by atoms with Gasteiger partial charge in [-0.3, -0.25) is 0 Å². The van der Waals surface area contributed by atoms with E-state index >= 15 is 0 Å². The van der Waals surface area contributed by atoms with Crippen LogP contribution in [0.3, 0.4) is 0 Å². The molecule has 0 saturated heterocycles. The maximum absolute atomic E-state index is 4.01. The maximum Gasteiger partial charge on any atom is 0.358 e. The highest BCUT2D eigenvalue weighted by atomic mass is 15.4. The van der Waals surface area contributed by atoms with Gasteiger partial charge in [-0.05, 0) is 4.99 Å². The van der Waals surface area contributed by atoms with E-state index in [4.69, 9.17) is 0 Å². The zero-order valence-electron chi connectivity index (χ0n) is 4.65. The van der Waals surface area contributed by atoms with Crippen molar-refractivity contribution in [1.82, 2.24) is 0 Å². The first-order valence-electron chi connectivity index (χ1n) is 2.63. The van der Waals surface area contributed by atoms with Gasteiger partial charge in [0, 0.05) is 0 Å². The first-order chi connectivity index (χ1) is 4.47. The van der Waals surface area contributed by atoms with Gasteiger partial charge < -0.3 is 0 Å². The molecule has 42 valence electrons. The topological polar surface area (TPSA) is 27.7 Å². The maximum atomic E-state index is 4.01. The molecule has 3 heteroatoms. The second-order valence-corrected chi connectivity index (χ2v) is 1.68. The van der Waals surface area contributed by atoms with Crippen molar-refractivity contribution >= 4 is 18.3 Å². The minimum Gasteiger partial charge on any atom is -0.0770 e. The molecule has 0 fully saturated rings. The van der Waals surface area contributed by atoms with Crippen molar-refractivity contribution in [2.45, 2.75) is 0 Å². The largest absolute Gasteiger partial charge is 0.358 e. The van der Waals surface area contributed by atoms with E-state index in [1.54, 1.807) is 23.2 Å². The third-order valence-electron chi connectivity index (χ3n) is 1.10. The number of hydrazone groups is 1. The van der Waals surface area contributed by atoms with Crippen molar-refractivity contribution in [3.63, 3.8) is 0 Å². The first kappa shape index (κ1) is 4.41. The summed E-state index contributed by atoms with van der Waals surface area (Å²) in [6.45, 7) is 0. The molecule has 2 aliphatic rings. The highest BCUT2D eigenvalue weighted by molar-refractivity contribution is 5.85. The van der Waals surface area contributed by atoms with Gasteiger partial charge in [-0.15, -0.1) is 0 Å². The third-order valence-corrected chi connectivity index (χ3v) is 1.10. The molecule has 2 rings (SSSR count). The predicted molar refractivity (Wildman–Crippen MR) is 34.9 cm³/mol. The van der Waals surface area contributed by atoms with Crippen LogP contribution in [0.2, 0.25) is 0 Å². The van der Waals surface area contributed by atoms with Crippen LogP contribution in [0.15, 0.2) is 28.1 Å². The van der Waals surface area contributed by atoms with Gasteiger partial charge in [-0.2, -0.15) is 0 Å².